The summed E-state index contributed by atoms with van der Waals surface area (Å²) in [5.41, 5.74) is 0.347. The Hall–Kier alpha value is -0.960. The molecule has 3 heteroatoms. The third-order valence-electron chi connectivity index (χ3n) is 5.42. The first-order chi connectivity index (χ1) is 9.64. The van der Waals surface area contributed by atoms with Crippen molar-refractivity contribution in [3.63, 3.8) is 0 Å². The first-order valence-electron chi connectivity index (χ1n) is 7.78. The van der Waals surface area contributed by atoms with E-state index >= 15 is 0 Å². The van der Waals surface area contributed by atoms with Crippen LogP contribution in [-0.4, -0.2) is 13.1 Å². The van der Waals surface area contributed by atoms with Crippen molar-refractivity contribution >= 4 is 0 Å². The molecule has 2 fully saturated rings. The van der Waals surface area contributed by atoms with Crippen molar-refractivity contribution in [3.05, 3.63) is 35.4 Å². The molecular weight excluding hydrogens is 256 g/mol. The standard InChI is InChI=1S/C17H23F2N/c1-2-20-11-17(9-12-6-7-13(17)8-12)10-14-15(18)4-3-5-16(14)19/h3-5,12-13,20H,2,6-11H2,1H3. The molecule has 2 aliphatic rings. The summed E-state index contributed by atoms with van der Waals surface area (Å²) in [6.45, 7) is 3.89. The Morgan fingerprint density at radius 3 is 2.55 bits per heavy atom. The summed E-state index contributed by atoms with van der Waals surface area (Å²) in [6.07, 6.45) is 5.45. The minimum absolute atomic E-state index is 0.0575. The molecule has 0 amide bonds. The van der Waals surface area contributed by atoms with Crippen LogP contribution in [0.15, 0.2) is 18.2 Å². The zero-order valence-corrected chi connectivity index (χ0v) is 12.1. The van der Waals surface area contributed by atoms with Crippen LogP contribution >= 0.6 is 0 Å². The van der Waals surface area contributed by atoms with Gasteiger partial charge in [-0.15, -0.1) is 0 Å². The fourth-order valence-corrected chi connectivity index (χ4v) is 4.48. The van der Waals surface area contributed by atoms with E-state index < -0.39 is 0 Å². The largest absolute Gasteiger partial charge is 0.316 e. The van der Waals surface area contributed by atoms with Crippen LogP contribution in [0, 0.1) is 28.9 Å². The average molecular weight is 279 g/mol. The molecule has 20 heavy (non-hydrogen) atoms. The molecule has 1 nitrogen and oxygen atoms in total. The molecule has 2 aliphatic carbocycles. The molecule has 3 unspecified atom stereocenters. The highest BCUT2D eigenvalue weighted by Gasteiger charge is 2.50. The molecule has 0 spiro atoms. The summed E-state index contributed by atoms with van der Waals surface area (Å²) >= 11 is 0. The highest BCUT2D eigenvalue weighted by Crippen LogP contribution is 2.57. The summed E-state index contributed by atoms with van der Waals surface area (Å²) in [7, 11) is 0. The summed E-state index contributed by atoms with van der Waals surface area (Å²) in [4.78, 5) is 0. The predicted molar refractivity (Wildman–Crippen MR) is 76.5 cm³/mol. The molecule has 2 bridgehead atoms. The summed E-state index contributed by atoms with van der Waals surface area (Å²) in [5, 5.41) is 3.43. The van der Waals surface area contributed by atoms with Gasteiger partial charge in [-0.25, -0.2) is 8.78 Å². The minimum atomic E-state index is -0.386. The van der Waals surface area contributed by atoms with E-state index in [4.69, 9.17) is 0 Å². The molecule has 0 radical (unpaired) electrons. The zero-order valence-electron chi connectivity index (χ0n) is 12.1. The Kier molecular flexibility index (Phi) is 3.80. The van der Waals surface area contributed by atoms with Gasteiger partial charge in [-0.1, -0.05) is 19.4 Å². The van der Waals surface area contributed by atoms with Gasteiger partial charge in [-0.05, 0) is 61.6 Å². The second-order valence-corrected chi connectivity index (χ2v) is 6.60. The van der Waals surface area contributed by atoms with E-state index in [-0.39, 0.29) is 22.6 Å². The summed E-state index contributed by atoms with van der Waals surface area (Å²) < 4.78 is 28.0. The maximum absolute atomic E-state index is 14.0. The lowest BCUT2D eigenvalue weighted by molar-refractivity contribution is 0.154. The lowest BCUT2D eigenvalue weighted by Crippen LogP contribution is -2.40. The first-order valence-corrected chi connectivity index (χ1v) is 7.78. The molecule has 1 aromatic carbocycles. The van der Waals surface area contributed by atoms with Crippen LogP contribution in [0.4, 0.5) is 8.78 Å². The van der Waals surface area contributed by atoms with E-state index in [1.165, 1.54) is 37.5 Å². The molecule has 3 atom stereocenters. The number of nitrogens with one attached hydrogen (secondary N) is 1. The molecule has 110 valence electrons. The number of rotatable bonds is 5. The van der Waals surface area contributed by atoms with Gasteiger partial charge in [0.05, 0.1) is 0 Å². The second kappa shape index (κ2) is 5.44. The molecular formula is C17H23F2N. The molecule has 0 aromatic heterocycles. The maximum atomic E-state index is 14.0. The molecule has 2 saturated carbocycles. The Morgan fingerprint density at radius 1 is 1.25 bits per heavy atom. The van der Waals surface area contributed by atoms with Crippen LogP contribution in [0.1, 0.15) is 38.2 Å². The summed E-state index contributed by atoms with van der Waals surface area (Å²) in [6, 6.07) is 4.21. The van der Waals surface area contributed by atoms with Crippen LogP contribution in [0.25, 0.3) is 0 Å². The Balaban J connectivity index is 1.87. The van der Waals surface area contributed by atoms with Gasteiger partial charge in [-0.2, -0.15) is 0 Å². The second-order valence-electron chi connectivity index (χ2n) is 6.60. The smallest absolute Gasteiger partial charge is 0.129 e. The molecule has 1 aromatic rings. The number of fused-ring (bicyclic) bond motifs is 2. The van der Waals surface area contributed by atoms with Crippen LogP contribution < -0.4 is 5.32 Å². The molecule has 3 rings (SSSR count). The van der Waals surface area contributed by atoms with Gasteiger partial charge in [0.15, 0.2) is 0 Å². The Morgan fingerprint density at radius 2 is 2.00 bits per heavy atom. The van der Waals surface area contributed by atoms with Crippen molar-refractivity contribution in [2.45, 2.75) is 39.0 Å². The van der Waals surface area contributed by atoms with Crippen LogP contribution in [-0.2, 0) is 6.42 Å². The third-order valence-corrected chi connectivity index (χ3v) is 5.42. The fraction of sp³-hybridized carbons (Fsp3) is 0.647. The molecule has 0 saturated heterocycles. The van der Waals surface area contributed by atoms with E-state index in [1.807, 2.05) is 0 Å². The van der Waals surface area contributed by atoms with Crippen LogP contribution in [0.3, 0.4) is 0 Å². The number of benzene rings is 1. The quantitative estimate of drug-likeness (QED) is 0.861. The van der Waals surface area contributed by atoms with Crippen LogP contribution in [0.2, 0.25) is 0 Å². The van der Waals surface area contributed by atoms with E-state index in [0.717, 1.165) is 25.4 Å². The Bertz CT molecular complexity index is 468. The van der Waals surface area contributed by atoms with Crippen LogP contribution in [0.5, 0.6) is 0 Å². The van der Waals surface area contributed by atoms with Crippen molar-refractivity contribution in [2.24, 2.45) is 17.3 Å². The lowest BCUT2D eigenvalue weighted by atomic mass is 9.69. The fourth-order valence-electron chi connectivity index (χ4n) is 4.48. The van der Waals surface area contributed by atoms with Crippen molar-refractivity contribution in [1.82, 2.24) is 5.32 Å². The minimum Gasteiger partial charge on any atom is -0.316 e. The van der Waals surface area contributed by atoms with Crippen molar-refractivity contribution in [2.75, 3.05) is 13.1 Å². The van der Waals surface area contributed by atoms with Crippen molar-refractivity contribution in [1.29, 1.82) is 0 Å². The molecule has 0 heterocycles. The highest BCUT2D eigenvalue weighted by atomic mass is 19.1. The molecule has 0 aliphatic heterocycles. The summed E-state index contributed by atoms with van der Waals surface area (Å²) in [5.74, 6) is 0.631. The first kappa shape index (κ1) is 14.0. The zero-order chi connectivity index (χ0) is 14.2. The lowest BCUT2D eigenvalue weighted by Gasteiger charge is -2.38. The topological polar surface area (TPSA) is 12.0 Å². The number of hydrogen-bond donors (Lipinski definition) is 1. The highest BCUT2D eigenvalue weighted by molar-refractivity contribution is 5.23. The SMILES string of the molecule is CCNCC1(Cc2c(F)cccc2F)CC2CCC1C2. The van der Waals surface area contributed by atoms with Gasteiger partial charge in [0.25, 0.3) is 0 Å². The van der Waals surface area contributed by atoms with Gasteiger partial charge in [-0.3, -0.25) is 0 Å². The van der Waals surface area contributed by atoms with Gasteiger partial charge in [0, 0.05) is 12.1 Å². The van der Waals surface area contributed by atoms with Gasteiger partial charge in [0.1, 0.15) is 11.6 Å². The van der Waals surface area contributed by atoms with E-state index in [1.54, 1.807) is 0 Å². The number of halogens is 2. The predicted octanol–water partition coefficient (Wildman–Crippen LogP) is 3.92. The normalized spacial score (nSPS) is 31.9. The van der Waals surface area contributed by atoms with Crippen molar-refractivity contribution < 1.29 is 8.78 Å². The Labute approximate surface area is 119 Å². The van der Waals surface area contributed by atoms with Gasteiger partial charge in [0.2, 0.25) is 0 Å². The van der Waals surface area contributed by atoms with E-state index in [9.17, 15) is 8.78 Å². The third kappa shape index (κ3) is 2.37. The monoisotopic (exact) mass is 279 g/mol. The maximum Gasteiger partial charge on any atom is 0.129 e. The average Bonchev–Trinajstić information content (AvgIpc) is 3.02. The van der Waals surface area contributed by atoms with Gasteiger partial charge >= 0.3 is 0 Å². The van der Waals surface area contributed by atoms with E-state index in [0.29, 0.717) is 12.3 Å². The van der Waals surface area contributed by atoms with Gasteiger partial charge < -0.3 is 5.32 Å². The van der Waals surface area contributed by atoms with Crippen molar-refractivity contribution in [3.8, 4) is 0 Å². The molecule has 1 N–H and O–H groups in total. The number of hydrogen-bond acceptors (Lipinski definition) is 1. The van der Waals surface area contributed by atoms with E-state index in [2.05, 4.69) is 12.2 Å².